The standard InChI is InChI=1S/C15H25N3O2S/c1-11-13(8-17-18(11)12-6-4-5-7-12)14(19)16-9-15(2,20)10-21-3/h8,12,20H,4-7,9-10H2,1-3H3,(H,16,19). The minimum Gasteiger partial charge on any atom is -0.387 e. The molecule has 1 aliphatic carbocycles. The van der Waals surface area contributed by atoms with Crippen molar-refractivity contribution in [1.82, 2.24) is 15.1 Å². The molecule has 5 nitrogen and oxygen atoms in total. The Morgan fingerprint density at radius 3 is 2.86 bits per heavy atom. The number of carbonyl (C=O) groups excluding carboxylic acids is 1. The highest BCUT2D eigenvalue weighted by Gasteiger charge is 2.24. The van der Waals surface area contributed by atoms with Gasteiger partial charge in [0.1, 0.15) is 0 Å². The molecular weight excluding hydrogens is 286 g/mol. The van der Waals surface area contributed by atoms with Crippen LogP contribution in [0.25, 0.3) is 0 Å². The average molecular weight is 311 g/mol. The van der Waals surface area contributed by atoms with Gasteiger partial charge in [-0.25, -0.2) is 0 Å². The first kappa shape index (κ1) is 16.4. The second-order valence-corrected chi connectivity index (χ2v) is 7.01. The maximum atomic E-state index is 12.3. The zero-order chi connectivity index (χ0) is 15.5. The van der Waals surface area contributed by atoms with Crippen LogP contribution in [0.5, 0.6) is 0 Å². The third-order valence-corrected chi connectivity index (χ3v) is 4.96. The van der Waals surface area contributed by atoms with Gasteiger partial charge in [-0.3, -0.25) is 9.48 Å². The fourth-order valence-corrected chi connectivity index (χ4v) is 3.62. The SMILES string of the molecule is CSCC(C)(O)CNC(=O)c1cnn(C2CCCC2)c1C. The molecule has 1 saturated carbocycles. The van der Waals surface area contributed by atoms with E-state index in [0.29, 0.717) is 17.4 Å². The van der Waals surface area contributed by atoms with E-state index in [0.717, 1.165) is 18.5 Å². The molecule has 1 aromatic rings. The minimum absolute atomic E-state index is 0.155. The monoisotopic (exact) mass is 311 g/mol. The Morgan fingerprint density at radius 1 is 1.57 bits per heavy atom. The maximum absolute atomic E-state index is 12.3. The molecule has 0 spiro atoms. The molecule has 0 saturated heterocycles. The Balaban J connectivity index is 2.00. The number of carbonyl (C=O) groups is 1. The largest absolute Gasteiger partial charge is 0.387 e. The third kappa shape index (κ3) is 4.01. The van der Waals surface area contributed by atoms with Crippen molar-refractivity contribution in [3.8, 4) is 0 Å². The average Bonchev–Trinajstić information content (AvgIpc) is 3.05. The van der Waals surface area contributed by atoms with Crippen molar-refractivity contribution in [2.75, 3.05) is 18.6 Å². The van der Waals surface area contributed by atoms with Gasteiger partial charge in [0.25, 0.3) is 5.91 Å². The van der Waals surface area contributed by atoms with E-state index in [9.17, 15) is 9.90 Å². The van der Waals surface area contributed by atoms with Crippen LogP contribution in [0, 0.1) is 6.92 Å². The fourth-order valence-electron chi connectivity index (χ4n) is 2.89. The van der Waals surface area contributed by atoms with Crippen molar-refractivity contribution in [3.63, 3.8) is 0 Å². The summed E-state index contributed by atoms with van der Waals surface area (Å²) in [7, 11) is 0. The number of rotatable bonds is 6. The van der Waals surface area contributed by atoms with Crippen molar-refractivity contribution < 1.29 is 9.90 Å². The summed E-state index contributed by atoms with van der Waals surface area (Å²) in [4.78, 5) is 12.3. The van der Waals surface area contributed by atoms with E-state index in [1.54, 1.807) is 24.9 Å². The predicted molar refractivity (Wildman–Crippen MR) is 85.8 cm³/mol. The zero-order valence-electron chi connectivity index (χ0n) is 13.1. The predicted octanol–water partition coefficient (Wildman–Crippen LogP) is 2.15. The van der Waals surface area contributed by atoms with Crippen LogP contribution in [0.2, 0.25) is 0 Å². The van der Waals surface area contributed by atoms with E-state index < -0.39 is 5.60 Å². The van der Waals surface area contributed by atoms with E-state index in [-0.39, 0.29) is 12.5 Å². The highest BCUT2D eigenvalue weighted by Crippen LogP contribution is 2.30. The van der Waals surface area contributed by atoms with Crippen LogP contribution < -0.4 is 5.32 Å². The molecule has 21 heavy (non-hydrogen) atoms. The number of nitrogens with zero attached hydrogens (tertiary/aromatic N) is 2. The van der Waals surface area contributed by atoms with Crippen LogP contribution in [0.3, 0.4) is 0 Å². The van der Waals surface area contributed by atoms with Crippen LogP contribution in [-0.4, -0.2) is 44.9 Å². The fraction of sp³-hybridized carbons (Fsp3) is 0.733. The Kier molecular flexibility index (Phi) is 5.32. The number of thioether (sulfide) groups is 1. The number of aliphatic hydroxyl groups is 1. The first-order chi connectivity index (χ1) is 9.94. The Morgan fingerprint density at radius 2 is 2.24 bits per heavy atom. The van der Waals surface area contributed by atoms with Gasteiger partial charge in [0.15, 0.2) is 0 Å². The number of hydrogen-bond donors (Lipinski definition) is 2. The second-order valence-electron chi connectivity index (χ2n) is 6.14. The molecule has 118 valence electrons. The van der Waals surface area contributed by atoms with Crippen LogP contribution in [0.15, 0.2) is 6.20 Å². The quantitative estimate of drug-likeness (QED) is 0.845. The first-order valence-corrected chi connectivity index (χ1v) is 8.87. The van der Waals surface area contributed by atoms with Crippen molar-refractivity contribution in [2.45, 2.75) is 51.2 Å². The van der Waals surface area contributed by atoms with E-state index in [2.05, 4.69) is 10.4 Å². The van der Waals surface area contributed by atoms with Gasteiger partial charge in [-0.05, 0) is 32.9 Å². The van der Waals surface area contributed by atoms with E-state index in [1.165, 1.54) is 12.8 Å². The summed E-state index contributed by atoms with van der Waals surface area (Å²) in [6, 6.07) is 0.436. The van der Waals surface area contributed by atoms with Crippen LogP contribution in [-0.2, 0) is 0 Å². The summed E-state index contributed by atoms with van der Waals surface area (Å²) in [5.41, 5.74) is 0.649. The molecule has 1 unspecified atom stereocenters. The van der Waals surface area contributed by atoms with Crippen molar-refractivity contribution in [1.29, 1.82) is 0 Å². The molecule has 1 atom stereocenters. The number of aromatic nitrogens is 2. The summed E-state index contributed by atoms with van der Waals surface area (Å²) in [5, 5.41) is 17.3. The Labute approximate surface area is 130 Å². The van der Waals surface area contributed by atoms with Gasteiger partial charge >= 0.3 is 0 Å². The van der Waals surface area contributed by atoms with Gasteiger partial charge < -0.3 is 10.4 Å². The van der Waals surface area contributed by atoms with Gasteiger partial charge in [0.2, 0.25) is 0 Å². The molecule has 6 heteroatoms. The van der Waals surface area contributed by atoms with E-state index in [4.69, 9.17) is 0 Å². The van der Waals surface area contributed by atoms with Crippen molar-refractivity contribution in [3.05, 3.63) is 17.5 Å². The molecule has 1 aromatic heterocycles. The molecule has 1 amide bonds. The lowest BCUT2D eigenvalue weighted by atomic mass is 10.1. The third-order valence-electron chi connectivity index (χ3n) is 4.04. The van der Waals surface area contributed by atoms with E-state index >= 15 is 0 Å². The van der Waals surface area contributed by atoms with Crippen LogP contribution >= 0.6 is 11.8 Å². The van der Waals surface area contributed by atoms with Gasteiger partial charge in [0.05, 0.1) is 23.4 Å². The molecule has 1 heterocycles. The highest BCUT2D eigenvalue weighted by atomic mass is 32.2. The lowest BCUT2D eigenvalue weighted by molar-refractivity contribution is 0.0724. The van der Waals surface area contributed by atoms with Crippen LogP contribution in [0.1, 0.15) is 54.7 Å². The van der Waals surface area contributed by atoms with Gasteiger partial charge in [0, 0.05) is 18.0 Å². The molecule has 1 aliphatic rings. The molecule has 2 N–H and O–H groups in total. The van der Waals surface area contributed by atoms with Gasteiger partial charge in [-0.2, -0.15) is 16.9 Å². The molecular formula is C15H25N3O2S. The maximum Gasteiger partial charge on any atom is 0.254 e. The minimum atomic E-state index is -0.884. The summed E-state index contributed by atoms with van der Waals surface area (Å²) in [5.74, 6) is 0.436. The Bertz CT molecular complexity index is 493. The molecule has 0 aliphatic heterocycles. The topological polar surface area (TPSA) is 67.2 Å². The molecule has 0 bridgehead atoms. The van der Waals surface area contributed by atoms with Crippen molar-refractivity contribution >= 4 is 17.7 Å². The highest BCUT2D eigenvalue weighted by molar-refractivity contribution is 7.98. The number of amides is 1. The lowest BCUT2D eigenvalue weighted by Gasteiger charge is -2.22. The van der Waals surface area contributed by atoms with Crippen LogP contribution in [0.4, 0.5) is 0 Å². The van der Waals surface area contributed by atoms with Crippen molar-refractivity contribution in [2.24, 2.45) is 0 Å². The molecule has 0 radical (unpaired) electrons. The molecule has 0 aromatic carbocycles. The molecule has 2 rings (SSSR count). The lowest BCUT2D eigenvalue weighted by Crippen LogP contribution is -2.42. The molecule has 1 fully saturated rings. The zero-order valence-corrected chi connectivity index (χ0v) is 13.9. The summed E-state index contributed by atoms with van der Waals surface area (Å²) >= 11 is 1.56. The smallest absolute Gasteiger partial charge is 0.254 e. The normalized spacial score (nSPS) is 18.7. The summed E-state index contributed by atoms with van der Waals surface area (Å²) in [6.45, 7) is 3.93. The number of nitrogens with one attached hydrogen (secondary N) is 1. The summed E-state index contributed by atoms with van der Waals surface area (Å²) < 4.78 is 1.99. The summed E-state index contributed by atoms with van der Waals surface area (Å²) in [6.07, 6.45) is 8.35. The second kappa shape index (κ2) is 6.83. The van der Waals surface area contributed by atoms with E-state index in [1.807, 2.05) is 17.9 Å². The van der Waals surface area contributed by atoms with Gasteiger partial charge in [-0.15, -0.1) is 0 Å². The number of hydrogen-bond acceptors (Lipinski definition) is 4. The van der Waals surface area contributed by atoms with Gasteiger partial charge in [-0.1, -0.05) is 12.8 Å². The first-order valence-electron chi connectivity index (χ1n) is 7.48. The Hall–Kier alpha value is -1.01.